The summed E-state index contributed by atoms with van der Waals surface area (Å²) >= 11 is 0. The number of nitrogens with zero attached hydrogens (tertiary/aromatic N) is 2. The third-order valence-electron chi connectivity index (χ3n) is 5.29. The summed E-state index contributed by atoms with van der Waals surface area (Å²) in [5, 5.41) is 5.57. The first-order valence-electron chi connectivity index (χ1n) is 9.00. The van der Waals surface area contributed by atoms with Crippen molar-refractivity contribution in [2.75, 3.05) is 11.9 Å². The lowest BCUT2D eigenvalue weighted by molar-refractivity contribution is -0.134. The van der Waals surface area contributed by atoms with E-state index in [1.165, 1.54) is 0 Å². The van der Waals surface area contributed by atoms with Crippen molar-refractivity contribution in [1.29, 1.82) is 0 Å². The first-order valence-corrected chi connectivity index (χ1v) is 9.00. The highest BCUT2D eigenvalue weighted by Crippen LogP contribution is 2.41. The van der Waals surface area contributed by atoms with Gasteiger partial charge in [-0.2, -0.15) is 0 Å². The fraction of sp³-hybridized carbons (Fsp3) is 0.300. The van der Waals surface area contributed by atoms with E-state index in [1.54, 1.807) is 12.4 Å². The maximum atomic E-state index is 13.1. The van der Waals surface area contributed by atoms with Gasteiger partial charge in [0.15, 0.2) is 0 Å². The second kappa shape index (κ2) is 6.50. The number of urea groups is 1. The quantitative estimate of drug-likeness (QED) is 0.812. The van der Waals surface area contributed by atoms with E-state index in [0.717, 1.165) is 34.4 Å². The number of fused-ring (bicyclic) bond motifs is 2. The summed E-state index contributed by atoms with van der Waals surface area (Å²) in [6, 6.07) is 8.90. The largest absolute Gasteiger partial charge is 0.325 e. The van der Waals surface area contributed by atoms with Crippen LogP contribution >= 0.6 is 0 Å². The zero-order valence-electron chi connectivity index (χ0n) is 15.0. The van der Waals surface area contributed by atoms with Crippen LogP contribution in [0.1, 0.15) is 30.0 Å². The van der Waals surface area contributed by atoms with Gasteiger partial charge >= 0.3 is 6.03 Å². The van der Waals surface area contributed by atoms with Crippen LogP contribution in [0.15, 0.2) is 42.7 Å². The molecule has 1 unspecified atom stereocenters. The van der Waals surface area contributed by atoms with Crippen LogP contribution in [0.3, 0.4) is 0 Å². The molecule has 138 valence electrons. The molecule has 0 bridgehead atoms. The summed E-state index contributed by atoms with van der Waals surface area (Å²) in [5.41, 5.74) is 2.37. The summed E-state index contributed by atoms with van der Waals surface area (Å²) in [4.78, 5) is 43.0. The van der Waals surface area contributed by atoms with Crippen molar-refractivity contribution in [2.24, 2.45) is 0 Å². The van der Waals surface area contributed by atoms with Crippen molar-refractivity contribution >= 4 is 23.5 Å². The molecule has 1 spiro atoms. The van der Waals surface area contributed by atoms with E-state index >= 15 is 0 Å². The lowest BCUT2D eigenvalue weighted by Crippen LogP contribution is -2.43. The molecular formula is C20H20N4O3. The van der Waals surface area contributed by atoms with Gasteiger partial charge in [0.1, 0.15) is 12.1 Å². The van der Waals surface area contributed by atoms with Gasteiger partial charge in [-0.1, -0.05) is 31.2 Å². The molecule has 1 saturated heterocycles. The summed E-state index contributed by atoms with van der Waals surface area (Å²) in [7, 11) is 0. The SMILES string of the molecule is CCc1ccncc1NC(=O)CN1C(=O)NC2(CCc3ccccc32)C1=O. The number of carbonyl (C=O) groups is 3. The van der Waals surface area contributed by atoms with Gasteiger partial charge in [0.05, 0.1) is 11.9 Å². The lowest BCUT2D eigenvalue weighted by atomic mass is 9.92. The molecule has 1 atom stereocenters. The summed E-state index contributed by atoms with van der Waals surface area (Å²) in [5.74, 6) is -0.793. The van der Waals surface area contributed by atoms with Crippen molar-refractivity contribution in [1.82, 2.24) is 15.2 Å². The van der Waals surface area contributed by atoms with Crippen molar-refractivity contribution < 1.29 is 14.4 Å². The van der Waals surface area contributed by atoms with Gasteiger partial charge < -0.3 is 10.6 Å². The molecule has 1 aliphatic carbocycles. The van der Waals surface area contributed by atoms with Gasteiger partial charge in [-0.3, -0.25) is 19.5 Å². The zero-order chi connectivity index (χ0) is 19.0. The van der Waals surface area contributed by atoms with Crippen molar-refractivity contribution in [3.8, 4) is 0 Å². The highest BCUT2D eigenvalue weighted by atomic mass is 16.2. The number of hydrogen-bond acceptors (Lipinski definition) is 4. The number of rotatable bonds is 4. The van der Waals surface area contributed by atoms with Gasteiger partial charge in [0.2, 0.25) is 5.91 Å². The number of benzene rings is 1. The Bertz CT molecular complexity index is 942. The van der Waals surface area contributed by atoms with Gasteiger partial charge in [0.25, 0.3) is 5.91 Å². The third kappa shape index (κ3) is 2.75. The number of amides is 4. The van der Waals surface area contributed by atoms with E-state index in [0.29, 0.717) is 12.1 Å². The van der Waals surface area contributed by atoms with Crippen LogP contribution in [-0.4, -0.2) is 34.3 Å². The molecule has 0 saturated carbocycles. The first kappa shape index (κ1) is 17.2. The molecule has 2 N–H and O–H groups in total. The van der Waals surface area contributed by atoms with Crippen LogP contribution in [0.4, 0.5) is 10.5 Å². The first-order chi connectivity index (χ1) is 13.0. The highest BCUT2D eigenvalue weighted by molar-refractivity contribution is 6.11. The summed E-state index contributed by atoms with van der Waals surface area (Å²) in [6.45, 7) is 1.65. The standard InChI is InChI=1S/C20H20N4O3/c1-2-13-8-10-21-11-16(13)22-17(25)12-24-18(26)20(23-19(24)27)9-7-14-5-3-4-6-15(14)20/h3-6,8,10-11H,2,7,9,12H2,1H3,(H,22,25)(H,23,27). The number of imide groups is 1. The Morgan fingerprint density at radius 1 is 1.30 bits per heavy atom. The molecular weight excluding hydrogens is 344 g/mol. The van der Waals surface area contributed by atoms with Gasteiger partial charge in [-0.25, -0.2) is 4.79 Å². The molecule has 27 heavy (non-hydrogen) atoms. The van der Waals surface area contributed by atoms with Crippen LogP contribution in [0.2, 0.25) is 0 Å². The van der Waals surface area contributed by atoms with E-state index in [9.17, 15) is 14.4 Å². The Balaban J connectivity index is 1.53. The Morgan fingerprint density at radius 2 is 2.11 bits per heavy atom. The lowest BCUT2D eigenvalue weighted by Gasteiger charge is -2.22. The van der Waals surface area contributed by atoms with Crippen LogP contribution in [-0.2, 0) is 28.0 Å². The summed E-state index contributed by atoms with van der Waals surface area (Å²) < 4.78 is 0. The number of hydrogen-bond donors (Lipinski definition) is 2. The van der Waals surface area contributed by atoms with Crippen molar-refractivity contribution in [2.45, 2.75) is 31.7 Å². The van der Waals surface area contributed by atoms with Crippen LogP contribution in [0.25, 0.3) is 0 Å². The number of anilines is 1. The van der Waals surface area contributed by atoms with Gasteiger partial charge in [-0.15, -0.1) is 0 Å². The molecule has 7 heteroatoms. The fourth-order valence-electron chi connectivity index (χ4n) is 3.91. The monoisotopic (exact) mass is 364 g/mol. The number of aromatic nitrogens is 1. The van der Waals surface area contributed by atoms with E-state index in [2.05, 4.69) is 15.6 Å². The normalized spacial score (nSPS) is 20.7. The minimum Gasteiger partial charge on any atom is -0.323 e. The van der Waals surface area contributed by atoms with Crippen molar-refractivity contribution in [3.63, 3.8) is 0 Å². The van der Waals surface area contributed by atoms with Gasteiger partial charge in [0, 0.05) is 6.20 Å². The van der Waals surface area contributed by atoms with Crippen LogP contribution in [0, 0.1) is 0 Å². The Labute approximate surface area is 156 Å². The number of aryl methyl sites for hydroxylation is 2. The number of carbonyl (C=O) groups excluding carboxylic acids is 3. The topological polar surface area (TPSA) is 91.4 Å². The maximum Gasteiger partial charge on any atom is 0.325 e. The van der Waals surface area contributed by atoms with Crippen LogP contribution < -0.4 is 10.6 Å². The Hall–Kier alpha value is -3.22. The average molecular weight is 364 g/mol. The van der Waals surface area contributed by atoms with E-state index in [-0.39, 0.29) is 12.5 Å². The molecule has 7 nitrogen and oxygen atoms in total. The molecule has 1 aliphatic heterocycles. The molecule has 1 aromatic heterocycles. The number of pyridine rings is 1. The molecule has 0 radical (unpaired) electrons. The Kier molecular flexibility index (Phi) is 4.14. The molecule has 1 fully saturated rings. The second-order valence-corrected chi connectivity index (χ2v) is 6.82. The predicted molar refractivity (Wildman–Crippen MR) is 98.9 cm³/mol. The minimum atomic E-state index is -1.04. The molecule has 1 aromatic carbocycles. The minimum absolute atomic E-state index is 0.327. The Morgan fingerprint density at radius 3 is 2.93 bits per heavy atom. The highest BCUT2D eigenvalue weighted by Gasteiger charge is 2.55. The molecule has 2 heterocycles. The van der Waals surface area contributed by atoms with E-state index < -0.39 is 17.5 Å². The predicted octanol–water partition coefficient (Wildman–Crippen LogP) is 1.98. The fourth-order valence-corrected chi connectivity index (χ4v) is 3.91. The second-order valence-electron chi connectivity index (χ2n) is 6.82. The number of nitrogens with one attached hydrogen (secondary N) is 2. The molecule has 4 rings (SSSR count). The van der Waals surface area contributed by atoms with E-state index in [4.69, 9.17) is 0 Å². The average Bonchev–Trinajstić information content (AvgIpc) is 3.16. The van der Waals surface area contributed by atoms with E-state index in [1.807, 2.05) is 37.3 Å². The van der Waals surface area contributed by atoms with Gasteiger partial charge in [-0.05, 0) is 42.0 Å². The smallest absolute Gasteiger partial charge is 0.323 e. The molecule has 4 amide bonds. The summed E-state index contributed by atoms with van der Waals surface area (Å²) in [6.07, 6.45) is 5.20. The maximum absolute atomic E-state index is 13.1. The molecule has 2 aliphatic rings. The van der Waals surface area contributed by atoms with Crippen LogP contribution in [0.5, 0.6) is 0 Å². The molecule has 2 aromatic rings. The van der Waals surface area contributed by atoms with Crippen molar-refractivity contribution in [3.05, 3.63) is 59.4 Å². The third-order valence-corrected chi connectivity index (χ3v) is 5.29. The zero-order valence-corrected chi connectivity index (χ0v) is 15.0.